The summed E-state index contributed by atoms with van der Waals surface area (Å²) in [5.41, 5.74) is 6.45. The molecule has 1 rings (SSSR count). The molecule has 0 amide bonds. The maximum absolute atomic E-state index is 3.79. The molecular weight excluding hydrogens is 116 g/mol. The summed E-state index contributed by atoms with van der Waals surface area (Å²) in [5, 5.41) is 0. The number of nitrogens with one attached hydrogen (secondary N) is 2. The third-order valence-corrected chi connectivity index (χ3v) is 0.830. The van der Waals surface area contributed by atoms with Gasteiger partial charge in [-0.15, -0.1) is 0 Å². The Morgan fingerprint density at radius 3 is 2.56 bits per heavy atom. The second-order valence-corrected chi connectivity index (χ2v) is 1.50. The van der Waals surface area contributed by atoms with Gasteiger partial charge in [0, 0.05) is 7.05 Å². The van der Waals surface area contributed by atoms with Crippen LogP contribution in [0.4, 0.5) is 5.69 Å². The van der Waals surface area contributed by atoms with E-state index < -0.39 is 0 Å². The van der Waals surface area contributed by atoms with E-state index in [1.54, 1.807) is 19.4 Å². The van der Waals surface area contributed by atoms with Gasteiger partial charge in [-0.05, 0) is 0 Å². The molecule has 0 aliphatic carbocycles. The van der Waals surface area contributed by atoms with Crippen LogP contribution in [0.15, 0.2) is 18.7 Å². The summed E-state index contributed by atoms with van der Waals surface area (Å²) in [6.07, 6.45) is 4.85. The number of hydrogen-bond acceptors (Lipinski definition) is 4. The molecule has 48 valence electrons. The van der Waals surface area contributed by atoms with Gasteiger partial charge in [-0.25, -0.2) is 15.4 Å². The first-order chi connectivity index (χ1) is 4.43. The van der Waals surface area contributed by atoms with Gasteiger partial charge in [-0.2, -0.15) is 0 Å². The number of hydrazine groups is 1. The van der Waals surface area contributed by atoms with E-state index in [-0.39, 0.29) is 0 Å². The van der Waals surface area contributed by atoms with Crippen molar-refractivity contribution in [2.45, 2.75) is 0 Å². The minimum atomic E-state index is 0.861. The summed E-state index contributed by atoms with van der Waals surface area (Å²) in [7, 11) is 1.78. The Morgan fingerprint density at radius 2 is 2.00 bits per heavy atom. The topological polar surface area (TPSA) is 49.8 Å². The van der Waals surface area contributed by atoms with Gasteiger partial charge < -0.3 is 5.43 Å². The van der Waals surface area contributed by atoms with Crippen LogP contribution >= 0.6 is 0 Å². The fourth-order valence-electron chi connectivity index (χ4n) is 0.508. The summed E-state index contributed by atoms with van der Waals surface area (Å²) in [6, 6.07) is 0. The van der Waals surface area contributed by atoms with Crippen molar-refractivity contribution in [1.29, 1.82) is 0 Å². The van der Waals surface area contributed by atoms with Crippen LogP contribution in [0.25, 0.3) is 0 Å². The van der Waals surface area contributed by atoms with E-state index in [0.717, 1.165) is 5.69 Å². The summed E-state index contributed by atoms with van der Waals surface area (Å²) < 4.78 is 0. The molecule has 1 heterocycles. The first-order valence-corrected chi connectivity index (χ1v) is 2.61. The van der Waals surface area contributed by atoms with E-state index in [0.29, 0.717) is 0 Å². The predicted octanol–water partition coefficient (Wildman–Crippen LogP) is 0.0229. The highest BCUT2D eigenvalue weighted by molar-refractivity contribution is 5.35. The van der Waals surface area contributed by atoms with Crippen LogP contribution in [-0.2, 0) is 0 Å². The van der Waals surface area contributed by atoms with Crippen molar-refractivity contribution in [3.8, 4) is 0 Å². The molecule has 0 unspecified atom stereocenters. The Labute approximate surface area is 53.3 Å². The number of anilines is 1. The van der Waals surface area contributed by atoms with Gasteiger partial charge in [0.15, 0.2) is 0 Å². The van der Waals surface area contributed by atoms with Crippen LogP contribution in [0.5, 0.6) is 0 Å². The Hall–Kier alpha value is -1.16. The average molecular weight is 124 g/mol. The maximum Gasteiger partial charge on any atom is 0.115 e. The Kier molecular flexibility index (Phi) is 1.98. The van der Waals surface area contributed by atoms with Gasteiger partial charge in [0.25, 0.3) is 0 Å². The number of hydrogen-bond donors (Lipinski definition) is 2. The van der Waals surface area contributed by atoms with E-state index in [4.69, 9.17) is 0 Å². The van der Waals surface area contributed by atoms with Crippen LogP contribution < -0.4 is 10.9 Å². The second kappa shape index (κ2) is 2.99. The lowest BCUT2D eigenvalue weighted by atomic mass is 10.6. The molecule has 0 fully saturated rings. The second-order valence-electron chi connectivity index (χ2n) is 1.50. The maximum atomic E-state index is 3.79. The molecular formula is C5H8N4. The molecule has 0 atom stereocenters. The molecule has 0 radical (unpaired) electrons. The zero-order valence-electron chi connectivity index (χ0n) is 5.13. The van der Waals surface area contributed by atoms with Crippen LogP contribution in [-0.4, -0.2) is 17.0 Å². The molecule has 0 aliphatic heterocycles. The van der Waals surface area contributed by atoms with Crippen LogP contribution in [0.2, 0.25) is 0 Å². The minimum Gasteiger partial charge on any atom is -0.319 e. The zero-order chi connectivity index (χ0) is 6.53. The standard InChI is InChI=1S/C5H8N4/c1-6-9-5-2-7-4-8-3-5/h2-4,6,9H,1H3. The van der Waals surface area contributed by atoms with E-state index in [2.05, 4.69) is 20.8 Å². The van der Waals surface area contributed by atoms with Gasteiger partial charge in [0.05, 0.1) is 18.1 Å². The summed E-state index contributed by atoms with van der Waals surface area (Å²) in [6.45, 7) is 0. The fourth-order valence-corrected chi connectivity index (χ4v) is 0.508. The van der Waals surface area contributed by atoms with Crippen molar-refractivity contribution < 1.29 is 0 Å². The van der Waals surface area contributed by atoms with E-state index in [1.807, 2.05) is 0 Å². The summed E-state index contributed by atoms with van der Waals surface area (Å²) >= 11 is 0. The third-order valence-electron chi connectivity index (χ3n) is 0.830. The lowest BCUT2D eigenvalue weighted by Crippen LogP contribution is -2.14. The van der Waals surface area contributed by atoms with Gasteiger partial charge in [-0.1, -0.05) is 0 Å². The van der Waals surface area contributed by atoms with Crippen molar-refractivity contribution in [2.24, 2.45) is 0 Å². The lowest BCUT2D eigenvalue weighted by molar-refractivity contribution is 0.972. The predicted molar refractivity (Wildman–Crippen MR) is 34.7 cm³/mol. The van der Waals surface area contributed by atoms with Crippen molar-refractivity contribution in [1.82, 2.24) is 15.4 Å². The minimum absolute atomic E-state index is 0.861. The quantitative estimate of drug-likeness (QED) is 0.546. The summed E-state index contributed by atoms with van der Waals surface area (Å²) in [4.78, 5) is 7.58. The average Bonchev–Trinajstić information content (AvgIpc) is 1.91. The van der Waals surface area contributed by atoms with Gasteiger partial charge in [0.2, 0.25) is 0 Å². The highest BCUT2D eigenvalue weighted by Crippen LogP contribution is 1.95. The molecule has 0 bridgehead atoms. The molecule has 0 saturated heterocycles. The molecule has 1 aromatic rings. The molecule has 4 heteroatoms. The van der Waals surface area contributed by atoms with Crippen molar-refractivity contribution in [3.63, 3.8) is 0 Å². The number of nitrogens with zero attached hydrogens (tertiary/aromatic N) is 2. The lowest BCUT2D eigenvalue weighted by Gasteiger charge is -1.99. The van der Waals surface area contributed by atoms with E-state index in [1.165, 1.54) is 6.33 Å². The third kappa shape index (κ3) is 1.65. The SMILES string of the molecule is CNNc1cncnc1. The first kappa shape index (κ1) is 5.97. The normalized spacial score (nSPS) is 9.00. The Balaban J connectivity index is 2.61. The highest BCUT2D eigenvalue weighted by atomic mass is 15.3. The van der Waals surface area contributed by atoms with Crippen molar-refractivity contribution >= 4 is 5.69 Å². The first-order valence-electron chi connectivity index (χ1n) is 2.61. The molecule has 0 saturated carbocycles. The van der Waals surface area contributed by atoms with Crippen LogP contribution in [0.3, 0.4) is 0 Å². The monoisotopic (exact) mass is 124 g/mol. The fraction of sp³-hybridized carbons (Fsp3) is 0.200. The van der Waals surface area contributed by atoms with E-state index >= 15 is 0 Å². The molecule has 0 aromatic carbocycles. The van der Waals surface area contributed by atoms with Gasteiger partial charge >= 0.3 is 0 Å². The van der Waals surface area contributed by atoms with Crippen molar-refractivity contribution in [3.05, 3.63) is 18.7 Å². The van der Waals surface area contributed by atoms with Crippen LogP contribution in [0.1, 0.15) is 0 Å². The zero-order valence-corrected chi connectivity index (χ0v) is 5.13. The van der Waals surface area contributed by atoms with Gasteiger partial charge in [0.1, 0.15) is 6.33 Å². The van der Waals surface area contributed by atoms with Gasteiger partial charge in [-0.3, -0.25) is 0 Å². The Morgan fingerprint density at radius 1 is 1.33 bits per heavy atom. The molecule has 2 N–H and O–H groups in total. The number of rotatable bonds is 2. The smallest absolute Gasteiger partial charge is 0.115 e. The molecule has 0 spiro atoms. The highest BCUT2D eigenvalue weighted by Gasteiger charge is 1.83. The molecule has 0 aliphatic rings. The van der Waals surface area contributed by atoms with Crippen LogP contribution in [0, 0.1) is 0 Å². The summed E-state index contributed by atoms with van der Waals surface area (Å²) in [5.74, 6) is 0. The van der Waals surface area contributed by atoms with Crippen molar-refractivity contribution in [2.75, 3.05) is 12.5 Å². The molecule has 9 heavy (non-hydrogen) atoms. The number of aromatic nitrogens is 2. The Bertz CT molecular complexity index is 162. The molecule has 4 nitrogen and oxygen atoms in total. The largest absolute Gasteiger partial charge is 0.319 e. The van der Waals surface area contributed by atoms with E-state index in [9.17, 15) is 0 Å². The molecule has 1 aromatic heterocycles.